The topological polar surface area (TPSA) is 270 Å². The van der Waals surface area contributed by atoms with Crippen LogP contribution in [0.15, 0.2) is 146 Å². The summed E-state index contributed by atoms with van der Waals surface area (Å²) in [6.07, 6.45) is 17.6. The lowest BCUT2D eigenvalue weighted by Gasteiger charge is -2.10. The van der Waals surface area contributed by atoms with Crippen molar-refractivity contribution < 1.29 is 88.3 Å². The lowest BCUT2D eigenvalue weighted by molar-refractivity contribution is -0.135. The number of unbranched alkanes of at least 4 members (excludes halogenated alkanes) is 4. The van der Waals surface area contributed by atoms with Crippen molar-refractivity contribution in [3.8, 4) is 92.0 Å². The van der Waals surface area contributed by atoms with Crippen LogP contribution in [0.3, 0.4) is 0 Å². The van der Waals surface area contributed by atoms with Crippen LogP contribution in [0.5, 0.6) is 92.0 Å². The Labute approximate surface area is 590 Å². The molecule has 0 fully saturated rings. The molecule has 0 aliphatic heterocycles. The van der Waals surface area contributed by atoms with Crippen molar-refractivity contribution in [1.29, 1.82) is 0 Å². The number of aromatic hydroxyl groups is 8. The standard InChI is InChI=1S/C22H26O6.C22H30O4.C20H26O4.C18H22O4/c1-3-21(25)27-19-11-9-15(13-17(19)23)7-5-6-8-16-10-12-20(18(24)14-16)28-22(26)4-2;1-3-13-25-21-15-17(9-11-19(21)23)7-5-6-8-18-10-12-20(24)22(16-18)26-14-4-2;1-3-23-19-13-15(9-11-17(19)21)7-5-6-8-16-10-12-18(22)20(14-16)24-4-2;1-21-17-11-13(7-9-15(17)19)5-3-4-6-14-8-10-16(20)18(12-14)22-2/h9-14,23-24H,3-8H2,1-2H3;9-12,15-16,23-24H,3-8,13-14H2,1-2H3;9-14,21-22H,3-8H2,1-2H3;7-12,19-20H,3-6H2,1-2H3. The van der Waals surface area contributed by atoms with Crippen LogP contribution in [0.1, 0.15) is 163 Å². The Hall–Kier alpha value is -10.1. The second-order valence-corrected chi connectivity index (χ2v) is 23.9. The summed E-state index contributed by atoms with van der Waals surface area (Å²) < 4.78 is 42.3. The summed E-state index contributed by atoms with van der Waals surface area (Å²) in [7, 11) is 3.11. The Kier molecular flexibility index (Phi) is 36.1. The van der Waals surface area contributed by atoms with Gasteiger partial charge in [0.2, 0.25) is 0 Å². The zero-order valence-corrected chi connectivity index (χ0v) is 59.5. The van der Waals surface area contributed by atoms with Crippen LogP contribution in [-0.4, -0.2) is 93.4 Å². The van der Waals surface area contributed by atoms with Crippen molar-refractivity contribution in [1.82, 2.24) is 0 Å². The number of ether oxygens (including phenoxy) is 8. The second-order valence-electron chi connectivity index (χ2n) is 23.9. The van der Waals surface area contributed by atoms with Crippen molar-refractivity contribution in [3.63, 3.8) is 0 Å². The maximum absolute atomic E-state index is 11.3. The van der Waals surface area contributed by atoms with Crippen molar-refractivity contribution in [3.05, 3.63) is 190 Å². The monoisotopic (exact) mass is 1380 g/mol. The van der Waals surface area contributed by atoms with E-state index in [0.717, 1.165) is 149 Å². The predicted octanol–water partition coefficient (Wildman–Crippen LogP) is 17.7. The van der Waals surface area contributed by atoms with Gasteiger partial charge in [-0.2, -0.15) is 0 Å². The first-order chi connectivity index (χ1) is 48.3. The lowest BCUT2D eigenvalue weighted by atomic mass is 10.0. The summed E-state index contributed by atoms with van der Waals surface area (Å²) >= 11 is 0. The van der Waals surface area contributed by atoms with E-state index in [1.165, 1.54) is 11.1 Å². The molecule has 8 rings (SSSR count). The highest BCUT2D eigenvalue weighted by Gasteiger charge is 2.13. The van der Waals surface area contributed by atoms with Crippen molar-refractivity contribution in [2.75, 3.05) is 40.6 Å². The fourth-order valence-electron chi connectivity index (χ4n) is 10.4. The van der Waals surface area contributed by atoms with E-state index in [9.17, 15) is 50.4 Å². The maximum atomic E-state index is 11.3. The largest absolute Gasteiger partial charge is 0.504 e. The predicted molar refractivity (Wildman–Crippen MR) is 390 cm³/mol. The van der Waals surface area contributed by atoms with Gasteiger partial charge in [0.15, 0.2) is 92.0 Å². The van der Waals surface area contributed by atoms with E-state index in [4.69, 9.17) is 37.9 Å². The highest BCUT2D eigenvalue weighted by atomic mass is 16.5. The minimum Gasteiger partial charge on any atom is -0.504 e. The number of carbonyl (C=O) groups is 2. The molecule has 8 aromatic rings. The molecule has 0 amide bonds. The number of methoxy groups -OCH3 is 2. The zero-order chi connectivity index (χ0) is 72.6. The van der Waals surface area contributed by atoms with Gasteiger partial charge in [-0.25, -0.2) is 0 Å². The van der Waals surface area contributed by atoms with E-state index in [1.807, 2.05) is 113 Å². The second kappa shape index (κ2) is 44.7. The fourth-order valence-corrected chi connectivity index (χ4v) is 10.4. The molecule has 100 heavy (non-hydrogen) atoms. The SMILES string of the molecule is CCC(=O)Oc1ccc(CCCCc2ccc(OC(=O)CC)c(O)c2)cc1O.CCCOc1cc(CCCCc2ccc(O)c(OCCC)c2)ccc1O.CCOc1cc(CCCCc2ccc(O)c(OCC)c2)ccc1O.COc1cc(CCCCc2ccc(O)c(OC)c2)ccc1O. The van der Waals surface area contributed by atoms with E-state index in [0.29, 0.717) is 60.9 Å². The zero-order valence-electron chi connectivity index (χ0n) is 59.5. The molecule has 8 N–H and O–H groups in total. The molecule has 0 spiro atoms. The average molecular weight is 1380 g/mol. The van der Waals surface area contributed by atoms with E-state index in [2.05, 4.69) is 0 Å². The summed E-state index contributed by atoms with van der Waals surface area (Å²) in [5.74, 6) is 3.88. The molecule has 0 radical (unpaired) electrons. The van der Waals surface area contributed by atoms with Crippen LogP contribution in [-0.2, 0) is 61.0 Å². The number of aryl methyl sites for hydroxylation is 8. The van der Waals surface area contributed by atoms with Crippen LogP contribution in [0.4, 0.5) is 0 Å². The number of esters is 2. The number of carbonyl (C=O) groups excluding carboxylic acids is 2. The first-order valence-corrected chi connectivity index (χ1v) is 34.9. The number of hydrogen-bond donors (Lipinski definition) is 8. The molecule has 0 bridgehead atoms. The van der Waals surface area contributed by atoms with E-state index < -0.39 is 0 Å². The first-order valence-electron chi connectivity index (χ1n) is 34.9. The summed E-state index contributed by atoms with van der Waals surface area (Å²) in [4.78, 5) is 22.6. The summed E-state index contributed by atoms with van der Waals surface area (Å²) in [6, 6.07) is 43.3. The van der Waals surface area contributed by atoms with Crippen LogP contribution in [0, 0.1) is 0 Å². The van der Waals surface area contributed by atoms with Gasteiger partial charge in [-0.05, 0) is 271 Å². The van der Waals surface area contributed by atoms with E-state index in [-0.39, 0.29) is 82.3 Å². The third kappa shape index (κ3) is 28.8. The summed E-state index contributed by atoms with van der Waals surface area (Å²) in [5, 5.41) is 78.2. The quantitative estimate of drug-likeness (QED) is 0.0103. The van der Waals surface area contributed by atoms with Gasteiger partial charge < -0.3 is 78.7 Å². The Morgan fingerprint density at radius 3 is 0.710 bits per heavy atom. The van der Waals surface area contributed by atoms with Crippen molar-refractivity contribution in [2.24, 2.45) is 0 Å². The highest BCUT2D eigenvalue weighted by molar-refractivity contribution is 5.73. The smallest absolute Gasteiger partial charge is 0.311 e. The normalized spacial score (nSPS) is 10.6. The van der Waals surface area contributed by atoms with E-state index in [1.54, 1.807) is 88.7 Å². The minimum atomic E-state index is -0.387. The Balaban J connectivity index is 0.000000241. The fraction of sp³-hybridized carbons (Fsp3) is 0.390. The average Bonchev–Trinajstić information content (AvgIpc) is 1.05. The Bertz CT molecular complexity index is 3510. The van der Waals surface area contributed by atoms with Gasteiger partial charge in [0, 0.05) is 12.8 Å². The third-order valence-corrected chi connectivity index (χ3v) is 15.9. The molecule has 0 aliphatic rings. The number of hydrogen-bond acceptors (Lipinski definition) is 18. The molecule has 0 aromatic heterocycles. The number of rotatable bonds is 36. The van der Waals surface area contributed by atoms with Crippen molar-refractivity contribution >= 4 is 11.9 Å². The molecule has 18 heteroatoms. The number of phenols is 8. The molecule has 0 saturated carbocycles. The highest BCUT2D eigenvalue weighted by Crippen LogP contribution is 2.35. The number of benzene rings is 8. The van der Waals surface area contributed by atoms with E-state index >= 15 is 0 Å². The van der Waals surface area contributed by atoms with Crippen LogP contribution >= 0.6 is 0 Å². The van der Waals surface area contributed by atoms with Gasteiger partial charge >= 0.3 is 11.9 Å². The lowest BCUT2D eigenvalue weighted by Crippen LogP contribution is -2.05. The van der Waals surface area contributed by atoms with Crippen LogP contribution in [0.2, 0.25) is 0 Å². The molecule has 0 saturated heterocycles. The van der Waals surface area contributed by atoms with Crippen molar-refractivity contribution in [2.45, 2.75) is 170 Å². The molecule has 0 atom stereocenters. The Morgan fingerprint density at radius 2 is 0.490 bits per heavy atom. The first kappa shape index (κ1) is 80.6. The van der Waals surface area contributed by atoms with Gasteiger partial charge in [0.1, 0.15) is 0 Å². The minimum absolute atomic E-state index is 0.0403. The maximum Gasteiger partial charge on any atom is 0.311 e. The molecule has 0 unspecified atom stereocenters. The molecule has 0 aliphatic carbocycles. The van der Waals surface area contributed by atoms with Gasteiger partial charge in [-0.3, -0.25) is 9.59 Å². The summed E-state index contributed by atoms with van der Waals surface area (Å²) in [6.45, 7) is 13.6. The molecule has 540 valence electrons. The molecular formula is C82H104O18. The molecular weight excluding hydrogens is 1270 g/mol. The molecule has 8 aromatic carbocycles. The van der Waals surface area contributed by atoms with Gasteiger partial charge in [0.05, 0.1) is 40.6 Å². The third-order valence-electron chi connectivity index (χ3n) is 15.9. The van der Waals surface area contributed by atoms with Gasteiger partial charge in [-0.1, -0.05) is 76.2 Å². The van der Waals surface area contributed by atoms with Crippen LogP contribution < -0.4 is 37.9 Å². The molecule has 0 heterocycles. The van der Waals surface area contributed by atoms with Gasteiger partial charge in [-0.15, -0.1) is 0 Å². The van der Waals surface area contributed by atoms with Gasteiger partial charge in [0.25, 0.3) is 0 Å². The number of phenolic OH excluding ortho intramolecular Hbond substituents is 8. The van der Waals surface area contributed by atoms with Crippen LogP contribution in [0.25, 0.3) is 0 Å². The Morgan fingerprint density at radius 1 is 0.270 bits per heavy atom. The molecule has 18 nitrogen and oxygen atoms in total. The summed E-state index contributed by atoms with van der Waals surface area (Å²) in [5.41, 5.74) is 8.89.